The minimum absolute atomic E-state index is 0.103. The van der Waals surface area contributed by atoms with E-state index in [2.05, 4.69) is 0 Å². The molecule has 1 aromatic rings. The maximum Gasteiger partial charge on any atom is 0.327 e. The highest BCUT2D eigenvalue weighted by atomic mass is 16.5. The Kier molecular flexibility index (Phi) is 3.32. The second-order valence-corrected chi connectivity index (χ2v) is 3.92. The van der Waals surface area contributed by atoms with Gasteiger partial charge in [0.25, 0.3) is 0 Å². The number of rotatable bonds is 3. The second-order valence-electron chi connectivity index (χ2n) is 3.92. The van der Waals surface area contributed by atoms with Gasteiger partial charge in [-0.15, -0.1) is 0 Å². The Balaban J connectivity index is 2.17. The third-order valence-electron chi connectivity index (χ3n) is 2.72. The average molecular weight is 234 g/mol. The molecule has 0 saturated carbocycles. The topological polar surface area (TPSA) is 55.8 Å². The number of methoxy groups -OCH3 is 1. The molecule has 1 atom stereocenters. The predicted molar refractivity (Wildman–Crippen MR) is 62.5 cm³/mol. The lowest BCUT2D eigenvalue weighted by atomic mass is 9.96. The number of hydrogen-bond acceptors (Lipinski definition) is 3. The molecule has 0 amide bonds. The van der Waals surface area contributed by atoms with Gasteiger partial charge in [0.15, 0.2) is 11.5 Å². The van der Waals surface area contributed by atoms with E-state index in [-0.39, 0.29) is 5.92 Å². The van der Waals surface area contributed by atoms with Gasteiger partial charge in [0.2, 0.25) is 0 Å². The lowest BCUT2D eigenvalue weighted by Gasteiger charge is -2.24. The third-order valence-corrected chi connectivity index (χ3v) is 2.72. The van der Waals surface area contributed by atoms with Gasteiger partial charge in [-0.3, -0.25) is 0 Å². The molecule has 0 aliphatic carbocycles. The number of fused-ring (bicyclic) bond motifs is 1. The molecule has 1 heterocycles. The molecule has 0 saturated heterocycles. The molecule has 0 fully saturated rings. The summed E-state index contributed by atoms with van der Waals surface area (Å²) in [6.45, 7) is 0.483. The van der Waals surface area contributed by atoms with Crippen LogP contribution in [0.3, 0.4) is 0 Å². The number of hydrogen-bond donors (Lipinski definition) is 1. The summed E-state index contributed by atoms with van der Waals surface area (Å²) in [5.41, 5.74) is 1.05. The minimum atomic E-state index is -0.929. The summed E-state index contributed by atoms with van der Waals surface area (Å²) in [7, 11) is 1.61. The first kappa shape index (κ1) is 11.5. The third kappa shape index (κ3) is 2.58. The SMILES string of the molecule is COc1cccc2c1OC[C@@H](/C=C/C(=O)O)C2. The summed E-state index contributed by atoms with van der Waals surface area (Å²) in [4.78, 5) is 10.4. The van der Waals surface area contributed by atoms with Crippen LogP contribution in [0, 0.1) is 5.92 Å². The monoisotopic (exact) mass is 234 g/mol. The van der Waals surface area contributed by atoms with Crippen molar-refractivity contribution < 1.29 is 19.4 Å². The van der Waals surface area contributed by atoms with Crippen molar-refractivity contribution in [3.63, 3.8) is 0 Å². The van der Waals surface area contributed by atoms with E-state index in [9.17, 15) is 4.79 Å². The van der Waals surface area contributed by atoms with E-state index < -0.39 is 5.97 Å². The van der Waals surface area contributed by atoms with Gasteiger partial charge in [-0.1, -0.05) is 18.2 Å². The van der Waals surface area contributed by atoms with Crippen LogP contribution in [0.2, 0.25) is 0 Å². The molecule has 2 rings (SSSR count). The zero-order chi connectivity index (χ0) is 12.3. The van der Waals surface area contributed by atoms with Crippen molar-refractivity contribution in [1.82, 2.24) is 0 Å². The molecule has 0 bridgehead atoms. The van der Waals surface area contributed by atoms with Gasteiger partial charge in [0, 0.05) is 12.0 Å². The van der Waals surface area contributed by atoms with Crippen LogP contribution in [0.1, 0.15) is 5.56 Å². The molecule has 0 radical (unpaired) electrons. The average Bonchev–Trinajstić information content (AvgIpc) is 2.35. The Morgan fingerprint density at radius 2 is 2.41 bits per heavy atom. The van der Waals surface area contributed by atoms with Crippen molar-refractivity contribution >= 4 is 5.97 Å². The van der Waals surface area contributed by atoms with Crippen LogP contribution in [0.4, 0.5) is 0 Å². The molecule has 90 valence electrons. The highest BCUT2D eigenvalue weighted by Crippen LogP contribution is 2.36. The van der Waals surface area contributed by atoms with Crippen LogP contribution < -0.4 is 9.47 Å². The Hall–Kier alpha value is -1.97. The summed E-state index contributed by atoms with van der Waals surface area (Å²) in [5, 5.41) is 8.57. The van der Waals surface area contributed by atoms with E-state index in [0.29, 0.717) is 6.61 Å². The van der Waals surface area contributed by atoms with Crippen molar-refractivity contribution in [3.05, 3.63) is 35.9 Å². The lowest BCUT2D eigenvalue weighted by Crippen LogP contribution is -2.19. The Morgan fingerprint density at radius 1 is 1.59 bits per heavy atom. The zero-order valence-corrected chi connectivity index (χ0v) is 9.55. The van der Waals surface area contributed by atoms with Crippen LogP contribution in [0.15, 0.2) is 30.4 Å². The van der Waals surface area contributed by atoms with E-state index in [1.165, 1.54) is 6.08 Å². The number of carboxylic acids is 1. The number of carbonyl (C=O) groups is 1. The van der Waals surface area contributed by atoms with Crippen LogP contribution in [-0.4, -0.2) is 24.8 Å². The van der Waals surface area contributed by atoms with Gasteiger partial charge < -0.3 is 14.6 Å². The molecule has 0 aromatic heterocycles. The smallest absolute Gasteiger partial charge is 0.327 e. The standard InChI is InChI=1S/C13H14O4/c1-16-11-4-2-3-10-7-9(5-6-12(14)15)8-17-13(10)11/h2-6,9H,7-8H2,1H3,(H,14,15)/b6-5+/t9-/m0/s1. The van der Waals surface area contributed by atoms with E-state index in [0.717, 1.165) is 23.5 Å². The maximum atomic E-state index is 10.4. The van der Waals surface area contributed by atoms with E-state index in [1.54, 1.807) is 13.2 Å². The molecule has 0 unspecified atom stereocenters. The summed E-state index contributed by atoms with van der Waals surface area (Å²) >= 11 is 0. The van der Waals surface area contributed by atoms with Gasteiger partial charge in [-0.2, -0.15) is 0 Å². The first-order valence-electron chi connectivity index (χ1n) is 5.40. The normalized spacial score (nSPS) is 18.5. The number of para-hydroxylation sites is 1. The van der Waals surface area contributed by atoms with Crippen molar-refractivity contribution in [3.8, 4) is 11.5 Å². The summed E-state index contributed by atoms with van der Waals surface area (Å²) < 4.78 is 10.8. The maximum absolute atomic E-state index is 10.4. The van der Waals surface area contributed by atoms with Gasteiger partial charge >= 0.3 is 5.97 Å². The van der Waals surface area contributed by atoms with Crippen LogP contribution in [0.25, 0.3) is 0 Å². The first-order valence-corrected chi connectivity index (χ1v) is 5.40. The number of ether oxygens (including phenoxy) is 2. The predicted octanol–water partition coefficient (Wildman–Crippen LogP) is 1.89. The quantitative estimate of drug-likeness (QED) is 0.811. The lowest BCUT2D eigenvalue weighted by molar-refractivity contribution is -0.131. The molecule has 1 aromatic carbocycles. The van der Waals surface area contributed by atoms with Gasteiger partial charge in [-0.25, -0.2) is 4.79 Å². The van der Waals surface area contributed by atoms with Crippen LogP contribution in [0.5, 0.6) is 11.5 Å². The van der Waals surface area contributed by atoms with Crippen LogP contribution in [-0.2, 0) is 11.2 Å². The highest BCUT2D eigenvalue weighted by molar-refractivity contribution is 5.79. The van der Waals surface area contributed by atoms with Gasteiger partial charge in [0.1, 0.15) is 0 Å². The molecule has 4 heteroatoms. The molecular formula is C13H14O4. The molecule has 1 aliphatic rings. The second kappa shape index (κ2) is 4.91. The number of benzene rings is 1. The Morgan fingerprint density at radius 3 is 3.12 bits per heavy atom. The first-order chi connectivity index (χ1) is 8.20. The molecule has 17 heavy (non-hydrogen) atoms. The molecule has 4 nitrogen and oxygen atoms in total. The van der Waals surface area contributed by atoms with Crippen molar-refractivity contribution in [2.75, 3.05) is 13.7 Å². The van der Waals surface area contributed by atoms with Crippen molar-refractivity contribution in [1.29, 1.82) is 0 Å². The summed E-state index contributed by atoms with van der Waals surface area (Å²) in [6.07, 6.45) is 3.61. The minimum Gasteiger partial charge on any atom is -0.493 e. The molecule has 1 N–H and O–H groups in total. The Labute approximate surface area is 99.5 Å². The summed E-state index contributed by atoms with van der Waals surface area (Å²) in [6, 6.07) is 5.73. The van der Waals surface area contributed by atoms with E-state index in [1.807, 2.05) is 18.2 Å². The fraction of sp³-hybridized carbons (Fsp3) is 0.308. The van der Waals surface area contributed by atoms with Crippen LogP contribution >= 0.6 is 0 Å². The van der Waals surface area contributed by atoms with Gasteiger partial charge in [0.05, 0.1) is 13.7 Å². The summed E-state index contributed by atoms with van der Waals surface area (Å²) in [5.74, 6) is 0.672. The molecule has 0 spiro atoms. The van der Waals surface area contributed by atoms with Crippen molar-refractivity contribution in [2.24, 2.45) is 5.92 Å². The fourth-order valence-electron chi connectivity index (χ4n) is 1.92. The van der Waals surface area contributed by atoms with Gasteiger partial charge in [-0.05, 0) is 18.1 Å². The largest absolute Gasteiger partial charge is 0.493 e. The Bertz CT molecular complexity index is 451. The zero-order valence-electron chi connectivity index (χ0n) is 9.55. The van der Waals surface area contributed by atoms with Crippen molar-refractivity contribution in [2.45, 2.75) is 6.42 Å². The number of carboxylic acid groups (broad SMARTS) is 1. The molecule has 1 aliphatic heterocycles. The number of aliphatic carboxylic acids is 1. The van der Waals surface area contributed by atoms with E-state index >= 15 is 0 Å². The highest BCUT2D eigenvalue weighted by Gasteiger charge is 2.20. The van der Waals surface area contributed by atoms with E-state index in [4.69, 9.17) is 14.6 Å². The fourth-order valence-corrected chi connectivity index (χ4v) is 1.92. The molecular weight excluding hydrogens is 220 g/mol.